The smallest absolute Gasteiger partial charge is 0.0613 e. The van der Waals surface area contributed by atoms with Gasteiger partial charge >= 0.3 is 0 Å². The summed E-state index contributed by atoms with van der Waals surface area (Å²) in [5.41, 5.74) is 1.07. The van der Waals surface area contributed by atoms with Crippen molar-refractivity contribution in [3.63, 3.8) is 0 Å². The Kier molecular flexibility index (Phi) is 4.57. The number of aliphatic hydroxyl groups excluding tert-OH is 1. The second-order valence-electron chi connectivity index (χ2n) is 2.54. The lowest BCUT2D eigenvalue weighted by Crippen LogP contribution is -1.97. The van der Waals surface area contributed by atoms with Crippen LogP contribution in [-0.2, 0) is 0 Å². The second kappa shape index (κ2) is 5.78. The van der Waals surface area contributed by atoms with Gasteiger partial charge in [-0.1, -0.05) is 28.1 Å². The van der Waals surface area contributed by atoms with Crippen molar-refractivity contribution < 1.29 is 5.11 Å². The highest BCUT2D eigenvalue weighted by molar-refractivity contribution is 9.10. The first-order chi connectivity index (χ1) is 6.33. The molecular weight excluding hydrogens is 230 g/mol. The van der Waals surface area contributed by atoms with Gasteiger partial charge in [-0.25, -0.2) is 0 Å². The van der Waals surface area contributed by atoms with Gasteiger partial charge in [-0.15, -0.1) is 0 Å². The van der Waals surface area contributed by atoms with Gasteiger partial charge in [0, 0.05) is 16.7 Å². The molecule has 1 aromatic rings. The summed E-state index contributed by atoms with van der Waals surface area (Å²) in [7, 11) is 0. The molecule has 3 heteroatoms. The van der Waals surface area contributed by atoms with E-state index in [0.717, 1.165) is 16.7 Å². The second-order valence-corrected chi connectivity index (χ2v) is 3.46. The van der Waals surface area contributed by atoms with Crippen LogP contribution in [0.15, 0.2) is 40.9 Å². The summed E-state index contributed by atoms with van der Waals surface area (Å²) in [5, 5.41) is 11.7. The Morgan fingerprint density at radius 2 is 1.92 bits per heavy atom. The summed E-state index contributed by atoms with van der Waals surface area (Å²) >= 11 is 3.36. The van der Waals surface area contributed by atoms with E-state index in [1.807, 2.05) is 30.3 Å². The zero-order valence-electron chi connectivity index (χ0n) is 7.20. The summed E-state index contributed by atoms with van der Waals surface area (Å²) in [6, 6.07) is 7.96. The maximum atomic E-state index is 8.48. The lowest BCUT2D eigenvalue weighted by Gasteiger charge is -2.02. The molecule has 0 spiro atoms. The quantitative estimate of drug-likeness (QED) is 0.794. The Balaban J connectivity index is 2.37. The van der Waals surface area contributed by atoms with E-state index in [9.17, 15) is 0 Å². The molecule has 70 valence electrons. The molecule has 0 bridgehead atoms. The number of hydrogen-bond donors (Lipinski definition) is 2. The highest BCUT2D eigenvalue weighted by Crippen LogP contribution is 2.13. The van der Waals surface area contributed by atoms with Crippen LogP contribution in [0.4, 0.5) is 5.69 Å². The number of anilines is 1. The lowest BCUT2D eigenvalue weighted by atomic mass is 10.3. The minimum Gasteiger partial charge on any atom is -0.392 e. The van der Waals surface area contributed by atoms with Gasteiger partial charge in [0.1, 0.15) is 0 Å². The van der Waals surface area contributed by atoms with Crippen LogP contribution in [0.3, 0.4) is 0 Å². The monoisotopic (exact) mass is 241 g/mol. The van der Waals surface area contributed by atoms with Crippen LogP contribution in [0.5, 0.6) is 0 Å². The van der Waals surface area contributed by atoms with Gasteiger partial charge in [-0.3, -0.25) is 0 Å². The van der Waals surface area contributed by atoms with Gasteiger partial charge in [0.15, 0.2) is 0 Å². The van der Waals surface area contributed by atoms with Crippen LogP contribution < -0.4 is 5.32 Å². The average molecular weight is 242 g/mol. The molecule has 2 nitrogen and oxygen atoms in total. The summed E-state index contributed by atoms with van der Waals surface area (Å²) in [6.45, 7) is 0.838. The van der Waals surface area contributed by atoms with Crippen molar-refractivity contribution in [1.29, 1.82) is 0 Å². The van der Waals surface area contributed by atoms with E-state index in [2.05, 4.69) is 21.2 Å². The van der Waals surface area contributed by atoms with Crippen LogP contribution in [0, 0.1) is 0 Å². The van der Waals surface area contributed by atoms with E-state index in [4.69, 9.17) is 5.11 Å². The Bertz CT molecular complexity index is 269. The maximum Gasteiger partial charge on any atom is 0.0613 e. The number of halogens is 1. The molecule has 0 aliphatic heterocycles. The van der Waals surface area contributed by atoms with E-state index >= 15 is 0 Å². The fraction of sp³-hybridized carbons (Fsp3) is 0.200. The normalized spacial score (nSPS) is 10.6. The van der Waals surface area contributed by atoms with Gasteiger partial charge < -0.3 is 10.4 Å². The van der Waals surface area contributed by atoms with Gasteiger partial charge in [-0.05, 0) is 24.3 Å². The third kappa shape index (κ3) is 4.10. The van der Waals surface area contributed by atoms with Crippen LogP contribution in [0.2, 0.25) is 0 Å². The minimum atomic E-state index is 0.0992. The number of nitrogens with one attached hydrogen (secondary N) is 1. The van der Waals surface area contributed by atoms with Gasteiger partial charge in [0.05, 0.1) is 6.61 Å². The predicted octanol–water partition coefficient (Wildman–Crippen LogP) is 2.41. The number of hydrogen-bond acceptors (Lipinski definition) is 2. The van der Waals surface area contributed by atoms with Gasteiger partial charge in [0.25, 0.3) is 0 Å². The van der Waals surface area contributed by atoms with Gasteiger partial charge in [0.2, 0.25) is 0 Å². The molecule has 0 fully saturated rings. The molecular formula is C10H12BrNO. The predicted molar refractivity (Wildman–Crippen MR) is 58.9 cm³/mol. The molecule has 0 heterocycles. The van der Waals surface area contributed by atoms with Crippen LogP contribution in [-0.4, -0.2) is 18.3 Å². The molecule has 13 heavy (non-hydrogen) atoms. The van der Waals surface area contributed by atoms with Crippen molar-refractivity contribution in [2.45, 2.75) is 0 Å². The molecule has 2 N–H and O–H groups in total. The Hall–Kier alpha value is -0.800. The topological polar surface area (TPSA) is 32.3 Å². The fourth-order valence-corrected chi connectivity index (χ4v) is 1.17. The molecule has 0 amide bonds. The zero-order chi connectivity index (χ0) is 9.52. The number of rotatable bonds is 4. The fourth-order valence-electron chi connectivity index (χ4n) is 0.902. The highest BCUT2D eigenvalue weighted by atomic mass is 79.9. The van der Waals surface area contributed by atoms with Crippen LogP contribution >= 0.6 is 15.9 Å². The SMILES string of the molecule is OCC=CCNc1ccc(Br)cc1. The largest absolute Gasteiger partial charge is 0.392 e. The summed E-state index contributed by atoms with van der Waals surface area (Å²) < 4.78 is 1.07. The average Bonchev–Trinajstić information content (AvgIpc) is 2.15. The Morgan fingerprint density at radius 1 is 1.23 bits per heavy atom. The summed E-state index contributed by atoms with van der Waals surface area (Å²) in [6.07, 6.45) is 3.61. The van der Waals surface area contributed by atoms with Crippen molar-refractivity contribution in [1.82, 2.24) is 0 Å². The van der Waals surface area contributed by atoms with Crippen molar-refractivity contribution in [3.8, 4) is 0 Å². The van der Waals surface area contributed by atoms with Crippen molar-refractivity contribution in [3.05, 3.63) is 40.9 Å². The molecule has 0 saturated carbocycles. The maximum absolute atomic E-state index is 8.48. The van der Waals surface area contributed by atoms with E-state index in [1.54, 1.807) is 6.08 Å². The molecule has 0 aliphatic rings. The molecule has 0 atom stereocenters. The molecule has 0 unspecified atom stereocenters. The van der Waals surface area contributed by atoms with E-state index < -0.39 is 0 Å². The van der Waals surface area contributed by atoms with Crippen molar-refractivity contribution in [2.75, 3.05) is 18.5 Å². The Labute approximate surface area is 86.4 Å². The summed E-state index contributed by atoms with van der Waals surface area (Å²) in [5.74, 6) is 0. The van der Waals surface area contributed by atoms with E-state index in [-0.39, 0.29) is 6.61 Å². The molecule has 0 radical (unpaired) electrons. The standard InChI is InChI=1S/C10H12BrNO/c11-9-3-5-10(6-4-9)12-7-1-2-8-13/h1-6,12-13H,7-8H2. The van der Waals surface area contributed by atoms with Crippen molar-refractivity contribution >= 4 is 21.6 Å². The number of aliphatic hydroxyl groups is 1. The number of benzene rings is 1. The third-order valence-corrected chi connectivity index (χ3v) is 2.07. The minimum absolute atomic E-state index is 0.0992. The first-order valence-corrected chi connectivity index (χ1v) is 4.87. The molecule has 1 aromatic carbocycles. The Morgan fingerprint density at radius 3 is 2.54 bits per heavy atom. The van der Waals surface area contributed by atoms with Crippen LogP contribution in [0.25, 0.3) is 0 Å². The molecule has 0 aromatic heterocycles. The third-order valence-electron chi connectivity index (χ3n) is 1.54. The molecule has 0 saturated heterocycles. The zero-order valence-corrected chi connectivity index (χ0v) is 8.79. The van der Waals surface area contributed by atoms with Crippen molar-refractivity contribution in [2.24, 2.45) is 0 Å². The van der Waals surface area contributed by atoms with Crippen LogP contribution in [0.1, 0.15) is 0 Å². The first kappa shape index (κ1) is 10.3. The molecule has 0 aliphatic carbocycles. The first-order valence-electron chi connectivity index (χ1n) is 4.08. The van der Waals surface area contributed by atoms with E-state index in [1.165, 1.54) is 0 Å². The highest BCUT2D eigenvalue weighted by Gasteiger charge is 1.88. The van der Waals surface area contributed by atoms with E-state index in [0.29, 0.717) is 0 Å². The molecule has 1 rings (SSSR count). The van der Waals surface area contributed by atoms with Gasteiger partial charge in [-0.2, -0.15) is 0 Å². The summed E-state index contributed by atoms with van der Waals surface area (Å²) in [4.78, 5) is 0. The lowest BCUT2D eigenvalue weighted by molar-refractivity contribution is 0.342.